The van der Waals surface area contributed by atoms with Gasteiger partial charge in [0, 0.05) is 12.8 Å². The predicted molar refractivity (Wildman–Crippen MR) is 211 cm³/mol. The molecular formula is C39H70O14P2. The standard InChI is InChI=1S/C39H70O14P2/c1-4-6-7-8-9-10-11-15-20-25-36-37(53-36)26-21-17-18-22-27-38(41)48-31-35(32-51-55(46,47)50-30-34(40)29-49-54(43,44)45)52-39(42)28-23-16-13-12-14-19-24-33(3)5-2/h9-10,15,17,20-21,33-37,40H,4-8,11-14,16,18-19,22-32H2,1-3H3,(H,46,47)(H2,43,44,45)/b10-9-,20-15-,21-17-/t33?,34-,35+,36?,37?/m0/s1. The maximum Gasteiger partial charge on any atom is 0.472 e. The minimum Gasteiger partial charge on any atom is -0.462 e. The molecule has 55 heavy (non-hydrogen) atoms. The molecule has 0 aromatic heterocycles. The summed E-state index contributed by atoms with van der Waals surface area (Å²) in [5.41, 5.74) is 0. The minimum absolute atomic E-state index is 0.111. The second kappa shape index (κ2) is 31.3. The molecule has 0 aliphatic carbocycles. The molecule has 1 rings (SSSR count). The highest BCUT2D eigenvalue weighted by molar-refractivity contribution is 7.47. The fraction of sp³-hybridized carbons (Fsp3) is 0.795. The normalized spacial score (nSPS) is 18.8. The van der Waals surface area contributed by atoms with Crippen LogP contribution in [-0.4, -0.2) is 82.6 Å². The van der Waals surface area contributed by atoms with Gasteiger partial charge in [-0.1, -0.05) is 115 Å². The molecule has 0 saturated carbocycles. The second-order valence-electron chi connectivity index (χ2n) is 14.2. The van der Waals surface area contributed by atoms with Crippen LogP contribution in [0.15, 0.2) is 36.5 Å². The molecule has 6 atom stereocenters. The summed E-state index contributed by atoms with van der Waals surface area (Å²) in [6.45, 7) is 3.88. The van der Waals surface area contributed by atoms with Crippen molar-refractivity contribution in [2.75, 3.05) is 26.4 Å². The van der Waals surface area contributed by atoms with E-state index in [0.29, 0.717) is 19.3 Å². The van der Waals surface area contributed by atoms with Crippen LogP contribution in [-0.2, 0) is 46.5 Å². The molecule has 1 saturated heterocycles. The van der Waals surface area contributed by atoms with E-state index in [2.05, 4.69) is 60.2 Å². The molecule has 0 aromatic rings. The zero-order chi connectivity index (χ0) is 40.8. The summed E-state index contributed by atoms with van der Waals surface area (Å²) in [5.74, 6) is -0.376. The number of carbonyl (C=O) groups is 2. The molecule has 14 nitrogen and oxygen atoms in total. The first-order chi connectivity index (χ1) is 26.2. The van der Waals surface area contributed by atoms with E-state index in [1.165, 1.54) is 38.5 Å². The molecule has 4 N–H and O–H groups in total. The number of rotatable bonds is 36. The van der Waals surface area contributed by atoms with Gasteiger partial charge in [-0.05, 0) is 57.3 Å². The molecule has 0 bridgehead atoms. The third-order valence-corrected chi connectivity index (χ3v) is 10.4. The third kappa shape index (κ3) is 32.0. The molecule has 1 heterocycles. The lowest BCUT2D eigenvalue weighted by molar-refractivity contribution is -0.161. The highest BCUT2D eigenvalue weighted by Gasteiger charge is 2.36. The highest BCUT2D eigenvalue weighted by atomic mass is 31.2. The van der Waals surface area contributed by atoms with Gasteiger partial charge in [0.2, 0.25) is 0 Å². The van der Waals surface area contributed by atoms with Crippen LogP contribution in [0.4, 0.5) is 0 Å². The molecule has 0 aromatic carbocycles. The van der Waals surface area contributed by atoms with Crippen molar-refractivity contribution in [2.24, 2.45) is 5.92 Å². The average molecular weight is 825 g/mol. The van der Waals surface area contributed by atoms with Crippen LogP contribution in [0.1, 0.15) is 143 Å². The van der Waals surface area contributed by atoms with Crippen molar-refractivity contribution in [3.63, 3.8) is 0 Å². The van der Waals surface area contributed by atoms with E-state index in [1.54, 1.807) is 0 Å². The Morgan fingerprint density at radius 3 is 1.96 bits per heavy atom. The second-order valence-corrected chi connectivity index (χ2v) is 16.9. The summed E-state index contributed by atoms with van der Waals surface area (Å²) < 4.78 is 53.3. The summed E-state index contributed by atoms with van der Waals surface area (Å²) in [6.07, 6.45) is 27.7. The SMILES string of the molecule is CCCCC/C=C\C/C=C\CC1OC1C/C=C\CCCC(=O)OC[C@H](COP(=O)(O)OC[C@@H](O)COP(=O)(O)O)OC(=O)CCCCCCCCC(C)CC. The molecule has 320 valence electrons. The molecule has 0 amide bonds. The summed E-state index contributed by atoms with van der Waals surface area (Å²) in [6, 6.07) is 0. The molecule has 1 aliphatic rings. The van der Waals surface area contributed by atoms with Gasteiger partial charge >= 0.3 is 27.6 Å². The quantitative estimate of drug-likeness (QED) is 0.0154. The molecule has 16 heteroatoms. The van der Waals surface area contributed by atoms with Gasteiger partial charge < -0.3 is 34.0 Å². The van der Waals surface area contributed by atoms with E-state index < -0.39 is 66.2 Å². The van der Waals surface area contributed by atoms with Gasteiger partial charge in [0.25, 0.3) is 0 Å². The summed E-state index contributed by atoms with van der Waals surface area (Å²) in [5, 5.41) is 9.72. The van der Waals surface area contributed by atoms with Gasteiger partial charge in [-0.15, -0.1) is 0 Å². The van der Waals surface area contributed by atoms with Crippen LogP contribution in [0, 0.1) is 5.92 Å². The first-order valence-electron chi connectivity index (χ1n) is 20.2. The van der Waals surface area contributed by atoms with Crippen molar-refractivity contribution in [1.82, 2.24) is 0 Å². The number of carbonyl (C=O) groups excluding carboxylic acids is 2. The topological polar surface area (TPSA) is 208 Å². The van der Waals surface area contributed by atoms with Crippen molar-refractivity contribution in [1.29, 1.82) is 0 Å². The largest absolute Gasteiger partial charge is 0.472 e. The molecule has 0 radical (unpaired) electrons. The Labute approximate surface area is 329 Å². The van der Waals surface area contributed by atoms with Gasteiger partial charge in [-0.25, -0.2) is 9.13 Å². The van der Waals surface area contributed by atoms with Crippen molar-refractivity contribution < 1.29 is 66.3 Å². The lowest BCUT2D eigenvalue weighted by Crippen LogP contribution is -2.30. The van der Waals surface area contributed by atoms with Gasteiger partial charge in [-0.3, -0.25) is 23.2 Å². The number of phosphoric acid groups is 2. The molecular weight excluding hydrogens is 754 g/mol. The van der Waals surface area contributed by atoms with Crippen molar-refractivity contribution in [2.45, 2.75) is 167 Å². The predicted octanol–water partition coefficient (Wildman–Crippen LogP) is 8.57. The van der Waals surface area contributed by atoms with Crippen LogP contribution >= 0.6 is 15.6 Å². The average Bonchev–Trinajstić information content (AvgIpc) is 3.90. The lowest BCUT2D eigenvalue weighted by atomic mass is 10.00. The first-order valence-corrected chi connectivity index (χ1v) is 23.2. The van der Waals surface area contributed by atoms with Gasteiger partial charge in [0.1, 0.15) is 12.7 Å². The Morgan fingerprint density at radius 2 is 1.27 bits per heavy atom. The van der Waals surface area contributed by atoms with Crippen LogP contribution in [0.3, 0.4) is 0 Å². The Bertz CT molecular complexity index is 1200. The summed E-state index contributed by atoms with van der Waals surface area (Å²) in [7, 11) is -9.68. The molecule has 1 aliphatic heterocycles. The summed E-state index contributed by atoms with van der Waals surface area (Å²) in [4.78, 5) is 52.5. The number of aliphatic hydroxyl groups excluding tert-OH is 1. The lowest BCUT2D eigenvalue weighted by Gasteiger charge is -2.20. The van der Waals surface area contributed by atoms with E-state index in [9.17, 15) is 28.7 Å². The fourth-order valence-electron chi connectivity index (χ4n) is 5.36. The monoisotopic (exact) mass is 824 g/mol. The number of phosphoric ester groups is 2. The maximum absolute atomic E-state index is 12.6. The Kier molecular flexibility index (Phi) is 29.2. The van der Waals surface area contributed by atoms with Crippen molar-refractivity contribution in [3.05, 3.63) is 36.5 Å². The van der Waals surface area contributed by atoms with E-state index in [1.807, 2.05) is 6.08 Å². The van der Waals surface area contributed by atoms with Gasteiger partial charge in [-0.2, -0.15) is 0 Å². The van der Waals surface area contributed by atoms with Crippen LogP contribution in [0.25, 0.3) is 0 Å². The van der Waals surface area contributed by atoms with Crippen LogP contribution in [0.2, 0.25) is 0 Å². The molecule has 4 unspecified atom stereocenters. The van der Waals surface area contributed by atoms with E-state index >= 15 is 0 Å². The Morgan fingerprint density at radius 1 is 0.691 bits per heavy atom. The number of aliphatic hydroxyl groups is 1. The van der Waals surface area contributed by atoms with Crippen molar-refractivity contribution in [3.8, 4) is 0 Å². The number of allylic oxidation sites excluding steroid dienone is 4. The number of unbranched alkanes of at least 4 members (excludes halogenated alkanes) is 9. The van der Waals surface area contributed by atoms with Crippen LogP contribution in [0.5, 0.6) is 0 Å². The number of ether oxygens (including phenoxy) is 3. The number of epoxide rings is 1. The molecule has 0 spiro atoms. The first kappa shape index (κ1) is 51.3. The fourth-order valence-corrected chi connectivity index (χ4v) is 6.51. The Hall–Kier alpha value is -1.70. The van der Waals surface area contributed by atoms with Crippen LogP contribution < -0.4 is 0 Å². The zero-order valence-corrected chi connectivity index (χ0v) is 35.2. The van der Waals surface area contributed by atoms with Gasteiger partial charge in [0.05, 0.1) is 32.0 Å². The minimum atomic E-state index is -4.87. The molecule has 1 fully saturated rings. The van der Waals surface area contributed by atoms with Crippen molar-refractivity contribution >= 4 is 27.6 Å². The maximum atomic E-state index is 12.6. The smallest absolute Gasteiger partial charge is 0.462 e. The van der Waals surface area contributed by atoms with E-state index in [-0.39, 0.29) is 25.0 Å². The zero-order valence-electron chi connectivity index (χ0n) is 33.4. The number of hydrogen-bond acceptors (Lipinski definition) is 11. The Balaban J connectivity index is 2.42. The number of esters is 2. The van der Waals surface area contributed by atoms with E-state index in [4.69, 9.17) is 28.5 Å². The third-order valence-electron chi connectivity index (χ3n) is 8.96. The summed E-state index contributed by atoms with van der Waals surface area (Å²) >= 11 is 0. The van der Waals surface area contributed by atoms with Gasteiger partial charge in [0.15, 0.2) is 6.10 Å². The highest BCUT2D eigenvalue weighted by Crippen LogP contribution is 2.44. The number of hydrogen-bond donors (Lipinski definition) is 4. The van der Waals surface area contributed by atoms with E-state index in [0.717, 1.165) is 57.3 Å².